The number of aryl methyl sites for hydroxylation is 1. The zero-order valence-electron chi connectivity index (χ0n) is 12.3. The van der Waals surface area contributed by atoms with Gasteiger partial charge in [0.2, 0.25) is 5.91 Å². The highest BCUT2D eigenvalue weighted by atomic mass is 32.1. The van der Waals surface area contributed by atoms with Crippen LogP contribution in [0.3, 0.4) is 0 Å². The van der Waals surface area contributed by atoms with Crippen LogP contribution in [0.15, 0.2) is 5.38 Å². The highest BCUT2D eigenvalue weighted by Crippen LogP contribution is 2.09. The molecule has 0 aliphatic rings. The van der Waals surface area contributed by atoms with Crippen LogP contribution in [0.1, 0.15) is 23.5 Å². The predicted octanol–water partition coefficient (Wildman–Crippen LogP) is 1.41. The third-order valence-corrected chi connectivity index (χ3v) is 3.95. The van der Waals surface area contributed by atoms with Gasteiger partial charge >= 0.3 is 0 Å². The van der Waals surface area contributed by atoms with Gasteiger partial charge in [-0.25, -0.2) is 4.98 Å². The Kier molecular flexibility index (Phi) is 7.04. The maximum Gasteiger partial charge on any atom is 0.223 e. The summed E-state index contributed by atoms with van der Waals surface area (Å²) in [7, 11) is 3.78. The molecule has 1 amide bonds. The Morgan fingerprint density at radius 1 is 1.40 bits per heavy atom. The highest BCUT2D eigenvalue weighted by molar-refractivity contribution is 7.80. The molecule has 2 N–H and O–H groups in total. The minimum atomic E-state index is 0.113. The fraction of sp³-hybridized carbons (Fsp3) is 0.615. The lowest BCUT2D eigenvalue weighted by Gasteiger charge is -2.19. The van der Waals surface area contributed by atoms with Gasteiger partial charge in [0.05, 0.1) is 15.7 Å². The second-order valence-electron chi connectivity index (χ2n) is 4.88. The number of hydrogen-bond acceptors (Lipinski definition) is 5. The van der Waals surface area contributed by atoms with Gasteiger partial charge in [-0.15, -0.1) is 11.3 Å². The monoisotopic (exact) mass is 314 g/mol. The number of carbonyl (C=O) groups is 1. The molecule has 0 radical (unpaired) electrons. The van der Waals surface area contributed by atoms with Crippen LogP contribution in [0.5, 0.6) is 0 Å². The van der Waals surface area contributed by atoms with E-state index in [9.17, 15) is 4.79 Å². The number of amides is 1. The zero-order chi connectivity index (χ0) is 15.1. The predicted molar refractivity (Wildman–Crippen MR) is 86.8 cm³/mol. The van der Waals surface area contributed by atoms with Crippen molar-refractivity contribution < 1.29 is 4.79 Å². The van der Waals surface area contributed by atoms with Gasteiger partial charge in [-0.3, -0.25) is 4.79 Å². The molecule has 0 spiro atoms. The largest absolute Gasteiger partial charge is 0.393 e. The molecular formula is C13H22N4OS2. The SMILES string of the molecule is Cc1nc(CN(C)CCC(=O)N(C)CCC(N)=S)cs1. The van der Waals surface area contributed by atoms with Crippen LogP contribution in [0.2, 0.25) is 0 Å². The molecule has 0 fully saturated rings. The summed E-state index contributed by atoms with van der Waals surface area (Å²) in [5.41, 5.74) is 6.49. The standard InChI is InChI=1S/C13H22N4OS2/c1-10-15-11(9-20-10)8-16(2)6-5-13(18)17(3)7-4-12(14)19/h9H,4-8H2,1-3H3,(H2,14,19). The maximum atomic E-state index is 11.9. The minimum Gasteiger partial charge on any atom is -0.393 e. The topological polar surface area (TPSA) is 62.5 Å². The molecule has 5 nitrogen and oxygen atoms in total. The number of hydrogen-bond donors (Lipinski definition) is 1. The molecular weight excluding hydrogens is 292 g/mol. The highest BCUT2D eigenvalue weighted by Gasteiger charge is 2.11. The van der Waals surface area contributed by atoms with Gasteiger partial charge in [-0.05, 0) is 14.0 Å². The lowest BCUT2D eigenvalue weighted by atomic mass is 10.3. The molecule has 1 aromatic heterocycles. The van der Waals surface area contributed by atoms with E-state index < -0.39 is 0 Å². The van der Waals surface area contributed by atoms with Crippen molar-refractivity contribution in [3.05, 3.63) is 16.1 Å². The van der Waals surface area contributed by atoms with Crippen LogP contribution in [0.4, 0.5) is 0 Å². The summed E-state index contributed by atoms with van der Waals surface area (Å²) < 4.78 is 0. The van der Waals surface area contributed by atoms with Crippen molar-refractivity contribution in [2.45, 2.75) is 26.3 Å². The quantitative estimate of drug-likeness (QED) is 0.735. The summed E-state index contributed by atoms with van der Waals surface area (Å²) >= 11 is 6.46. The number of carbonyl (C=O) groups excluding carboxylic acids is 1. The zero-order valence-corrected chi connectivity index (χ0v) is 13.9. The molecule has 0 aliphatic heterocycles. The van der Waals surface area contributed by atoms with Gasteiger partial charge in [0, 0.05) is 44.9 Å². The molecule has 0 aromatic carbocycles. The summed E-state index contributed by atoms with van der Waals surface area (Å²) in [4.78, 5) is 20.6. The summed E-state index contributed by atoms with van der Waals surface area (Å²) in [6.07, 6.45) is 1.07. The minimum absolute atomic E-state index is 0.113. The van der Waals surface area contributed by atoms with Crippen molar-refractivity contribution in [1.82, 2.24) is 14.8 Å². The summed E-state index contributed by atoms with van der Waals surface area (Å²) in [5.74, 6) is 0.113. The van der Waals surface area contributed by atoms with Gasteiger partial charge in [0.1, 0.15) is 0 Å². The second kappa shape index (κ2) is 8.28. The number of rotatable bonds is 8. The van der Waals surface area contributed by atoms with E-state index in [1.165, 1.54) is 0 Å². The normalized spacial score (nSPS) is 10.8. The Balaban J connectivity index is 2.27. The van der Waals surface area contributed by atoms with Crippen LogP contribution in [0.25, 0.3) is 0 Å². The molecule has 20 heavy (non-hydrogen) atoms. The first-order valence-corrected chi connectivity index (χ1v) is 7.79. The first-order chi connectivity index (χ1) is 9.38. The number of thiocarbonyl (C=S) groups is 1. The molecule has 0 unspecified atom stereocenters. The van der Waals surface area contributed by atoms with E-state index in [2.05, 4.69) is 15.3 Å². The Morgan fingerprint density at radius 3 is 2.65 bits per heavy atom. The molecule has 1 aromatic rings. The van der Waals surface area contributed by atoms with Gasteiger partial charge in [0.15, 0.2) is 0 Å². The lowest BCUT2D eigenvalue weighted by Crippen LogP contribution is -2.32. The van der Waals surface area contributed by atoms with E-state index in [4.69, 9.17) is 18.0 Å². The smallest absolute Gasteiger partial charge is 0.223 e. The van der Waals surface area contributed by atoms with Crippen LogP contribution in [-0.2, 0) is 11.3 Å². The van der Waals surface area contributed by atoms with Crippen molar-refractivity contribution in [3.8, 4) is 0 Å². The van der Waals surface area contributed by atoms with Crippen molar-refractivity contribution in [2.24, 2.45) is 5.73 Å². The van der Waals surface area contributed by atoms with E-state index in [-0.39, 0.29) is 5.91 Å². The average molecular weight is 314 g/mol. The maximum absolute atomic E-state index is 11.9. The van der Waals surface area contributed by atoms with Gasteiger partial charge in [-0.1, -0.05) is 12.2 Å². The van der Waals surface area contributed by atoms with E-state index in [0.29, 0.717) is 30.9 Å². The summed E-state index contributed by atoms with van der Waals surface area (Å²) in [6.45, 7) is 4.07. The van der Waals surface area contributed by atoms with Crippen LogP contribution in [-0.4, -0.2) is 52.9 Å². The molecule has 1 rings (SSSR count). The fourth-order valence-electron chi connectivity index (χ4n) is 1.72. The van der Waals surface area contributed by atoms with Crippen molar-refractivity contribution >= 4 is 34.5 Å². The van der Waals surface area contributed by atoms with Crippen molar-refractivity contribution in [3.63, 3.8) is 0 Å². The Hall–Kier alpha value is -1.05. The second-order valence-corrected chi connectivity index (χ2v) is 6.46. The molecule has 0 atom stereocenters. The van der Waals surface area contributed by atoms with E-state index in [1.807, 2.05) is 14.0 Å². The first kappa shape index (κ1) is 17.0. The van der Waals surface area contributed by atoms with Crippen molar-refractivity contribution in [2.75, 3.05) is 27.2 Å². The molecule has 1 heterocycles. The molecule has 0 bridgehead atoms. The van der Waals surface area contributed by atoms with Crippen molar-refractivity contribution in [1.29, 1.82) is 0 Å². The number of aromatic nitrogens is 1. The Bertz CT molecular complexity index is 461. The van der Waals surface area contributed by atoms with Gasteiger partial charge < -0.3 is 15.5 Å². The van der Waals surface area contributed by atoms with Crippen LogP contribution >= 0.6 is 23.6 Å². The summed E-state index contributed by atoms with van der Waals surface area (Å²) in [5, 5.41) is 3.13. The first-order valence-electron chi connectivity index (χ1n) is 6.50. The molecule has 7 heteroatoms. The average Bonchev–Trinajstić information content (AvgIpc) is 2.78. The molecule has 0 saturated heterocycles. The van der Waals surface area contributed by atoms with Crippen LogP contribution in [0, 0.1) is 6.92 Å². The number of thiazole rings is 1. The number of nitrogens with zero attached hydrogens (tertiary/aromatic N) is 3. The van der Waals surface area contributed by atoms with E-state index in [1.54, 1.807) is 23.3 Å². The van der Waals surface area contributed by atoms with Gasteiger partial charge in [0.25, 0.3) is 0 Å². The van der Waals surface area contributed by atoms with E-state index >= 15 is 0 Å². The fourth-order valence-corrected chi connectivity index (χ4v) is 2.41. The Labute approximate surface area is 129 Å². The third kappa shape index (κ3) is 6.40. The molecule has 112 valence electrons. The van der Waals surface area contributed by atoms with E-state index in [0.717, 1.165) is 17.2 Å². The van der Waals surface area contributed by atoms with Crippen LogP contribution < -0.4 is 5.73 Å². The summed E-state index contributed by atoms with van der Waals surface area (Å²) in [6, 6.07) is 0. The lowest BCUT2D eigenvalue weighted by molar-refractivity contribution is -0.130. The molecule has 0 aliphatic carbocycles. The third-order valence-electron chi connectivity index (χ3n) is 2.93. The Morgan fingerprint density at radius 2 is 2.10 bits per heavy atom. The number of nitrogens with two attached hydrogens (primary N) is 1. The molecule has 0 saturated carbocycles. The van der Waals surface area contributed by atoms with Gasteiger partial charge in [-0.2, -0.15) is 0 Å².